The second-order valence-electron chi connectivity index (χ2n) is 3.29. The van der Waals surface area contributed by atoms with Crippen molar-refractivity contribution in [1.82, 2.24) is 4.98 Å². The Labute approximate surface area is 96.3 Å². The van der Waals surface area contributed by atoms with Gasteiger partial charge in [0.15, 0.2) is 0 Å². The van der Waals surface area contributed by atoms with Crippen molar-refractivity contribution in [3.05, 3.63) is 28.4 Å². The Hall–Kier alpha value is -0.840. The van der Waals surface area contributed by atoms with E-state index in [1.165, 1.54) is 11.3 Å². The summed E-state index contributed by atoms with van der Waals surface area (Å²) in [5.74, 6) is 1.24. The van der Waals surface area contributed by atoms with Gasteiger partial charge in [-0.05, 0) is 19.1 Å². The minimum absolute atomic E-state index is 0.419. The van der Waals surface area contributed by atoms with Crippen molar-refractivity contribution >= 4 is 22.9 Å². The first-order chi connectivity index (χ1) is 7.15. The predicted octanol–water partition coefficient (Wildman–Crippen LogP) is 2.98. The number of aliphatic hydroxyl groups excluding tert-OH is 1. The van der Waals surface area contributed by atoms with Crippen LogP contribution in [0.15, 0.2) is 22.7 Å². The molecule has 1 unspecified atom stereocenters. The molecule has 15 heavy (non-hydrogen) atoms. The molecule has 0 amide bonds. The van der Waals surface area contributed by atoms with E-state index in [-0.39, 0.29) is 0 Å². The summed E-state index contributed by atoms with van der Waals surface area (Å²) < 4.78 is 6.18. The van der Waals surface area contributed by atoms with Crippen LogP contribution in [0.1, 0.15) is 12.7 Å². The molecule has 0 radical (unpaired) electrons. The lowest BCUT2D eigenvalue weighted by Crippen LogP contribution is -2.02. The molecule has 1 N–H and O–H groups in total. The fourth-order valence-electron chi connectivity index (χ4n) is 1.24. The molecule has 0 fully saturated rings. The monoisotopic (exact) mass is 243 g/mol. The topological polar surface area (TPSA) is 46.3 Å². The van der Waals surface area contributed by atoms with Gasteiger partial charge in [0.1, 0.15) is 5.76 Å². The number of hydrogen-bond donors (Lipinski definition) is 1. The molecular weight excluding hydrogens is 234 g/mol. The second kappa shape index (κ2) is 4.35. The first-order valence-electron chi connectivity index (χ1n) is 4.53. The van der Waals surface area contributed by atoms with Crippen LogP contribution >= 0.6 is 22.9 Å². The van der Waals surface area contributed by atoms with Crippen molar-refractivity contribution in [3.63, 3.8) is 0 Å². The number of hydrogen-bond acceptors (Lipinski definition) is 4. The lowest BCUT2D eigenvalue weighted by Gasteiger charge is -1.97. The van der Waals surface area contributed by atoms with Crippen molar-refractivity contribution in [2.24, 2.45) is 0 Å². The van der Waals surface area contributed by atoms with Crippen molar-refractivity contribution < 1.29 is 9.52 Å². The molecule has 2 aromatic rings. The number of aromatic nitrogens is 1. The fourth-order valence-corrected chi connectivity index (χ4v) is 2.21. The van der Waals surface area contributed by atoms with Crippen LogP contribution in [0, 0.1) is 0 Å². The highest BCUT2D eigenvalue weighted by atomic mass is 35.5. The number of aliphatic hydroxyl groups is 1. The van der Waals surface area contributed by atoms with Gasteiger partial charge in [0.05, 0.1) is 21.5 Å². The molecule has 0 spiro atoms. The maximum absolute atomic E-state index is 9.18. The molecule has 80 valence electrons. The maximum Gasteiger partial charge on any atom is 0.236 e. The maximum atomic E-state index is 9.18. The minimum atomic E-state index is -0.419. The molecule has 0 aliphatic heterocycles. The van der Waals surface area contributed by atoms with Gasteiger partial charge in [0.25, 0.3) is 0 Å². The molecule has 2 aromatic heterocycles. The highest BCUT2D eigenvalue weighted by Gasteiger charge is 2.10. The van der Waals surface area contributed by atoms with Crippen LogP contribution in [-0.4, -0.2) is 16.2 Å². The molecule has 0 aromatic carbocycles. The molecule has 0 saturated carbocycles. The Bertz CT molecular complexity index is 450. The van der Waals surface area contributed by atoms with Crippen LogP contribution in [0.5, 0.6) is 0 Å². The van der Waals surface area contributed by atoms with Crippen LogP contribution in [0.3, 0.4) is 0 Å². The van der Waals surface area contributed by atoms with E-state index in [0.29, 0.717) is 22.4 Å². The smallest absolute Gasteiger partial charge is 0.236 e. The first-order valence-corrected chi connectivity index (χ1v) is 5.73. The third-order valence-corrected chi connectivity index (χ3v) is 3.05. The number of rotatable bonds is 3. The fraction of sp³-hybridized carbons (Fsp3) is 0.300. The minimum Gasteiger partial charge on any atom is -0.440 e. The molecule has 5 heteroatoms. The lowest BCUT2D eigenvalue weighted by molar-refractivity contribution is 0.187. The van der Waals surface area contributed by atoms with Crippen LogP contribution in [0.25, 0.3) is 10.8 Å². The van der Waals surface area contributed by atoms with Crippen molar-refractivity contribution in [2.75, 3.05) is 0 Å². The Morgan fingerprint density at radius 2 is 2.40 bits per heavy atom. The van der Waals surface area contributed by atoms with Crippen molar-refractivity contribution in [2.45, 2.75) is 19.4 Å². The van der Waals surface area contributed by atoms with Gasteiger partial charge in [0, 0.05) is 6.42 Å². The van der Waals surface area contributed by atoms with Gasteiger partial charge in [-0.1, -0.05) is 11.6 Å². The molecule has 0 saturated heterocycles. The quantitative estimate of drug-likeness (QED) is 0.902. The summed E-state index contributed by atoms with van der Waals surface area (Å²) in [6.07, 6.45) is 1.69. The van der Waals surface area contributed by atoms with Gasteiger partial charge in [0.2, 0.25) is 5.89 Å². The number of halogens is 1. The Morgan fingerprint density at radius 3 is 3.00 bits per heavy atom. The summed E-state index contributed by atoms with van der Waals surface area (Å²) >= 11 is 7.23. The van der Waals surface area contributed by atoms with Gasteiger partial charge in [-0.15, -0.1) is 11.3 Å². The Morgan fingerprint density at radius 1 is 1.60 bits per heavy atom. The van der Waals surface area contributed by atoms with Gasteiger partial charge in [-0.2, -0.15) is 0 Å². The van der Waals surface area contributed by atoms with Crippen LogP contribution in [0.4, 0.5) is 0 Å². The zero-order valence-electron chi connectivity index (χ0n) is 8.11. The third-order valence-electron chi connectivity index (χ3n) is 1.83. The lowest BCUT2D eigenvalue weighted by atomic mass is 10.2. The molecule has 0 bridgehead atoms. The van der Waals surface area contributed by atoms with Crippen molar-refractivity contribution in [1.29, 1.82) is 0 Å². The second-order valence-corrected chi connectivity index (χ2v) is 5.00. The van der Waals surface area contributed by atoms with E-state index in [1.807, 2.05) is 6.07 Å². The average Bonchev–Trinajstić information content (AvgIpc) is 2.72. The SMILES string of the molecule is CC(O)Cc1cnc(-c2ccc(Cl)s2)o1. The summed E-state index contributed by atoms with van der Waals surface area (Å²) in [6.45, 7) is 1.71. The standard InChI is InChI=1S/C10H10ClNO2S/c1-6(13)4-7-5-12-10(14-7)8-2-3-9(11)15-8/h2-3,5-6,13H,4H2,1H3. The number of oxazole rings is 1. The van der Waals surface area contributed by atoms with Gasteiger partial charge in [-0.3, -0.25) is 0 Å². The Balaban J connectivity index is 2.20. The molecular formula is C10H10ClNO2S. The Kier molecular flexibility index (Phi) is 3.09. The van der Waals surface area contributed by atoms with E-state index >= 15 is 0 Å². The first kappa shape index (κ1) is 10.7. The van der Waals surface area contributed by atoms with Crippen LogP contribution in [-0.2, 0) is 6.42 Å². The normalized spacial score (nSPS) is 13.0. The zero-order chi connectivity index (χ0) is 10.8. The van der Waals surface area contributed by atoms with E-state index in [0.717, 1.165) is 4.88 Å². The van der Waals surface area contributed by atoms with Gasteiger partial charge >= 0.3 is 0 Å². The summed E-state index contributed by atoms with van der Waals surface area (Å²) in [4.78, 5) is 5.03. The van der Waals surface area contributed by atoms with Crippen LogP contribution < -0.4 is 0 Å². The highest BCUT2D eigenvalue weighted by molar-refractivity contribution is 7.19. The van der Waals surface area contributed by atoms with E-state index in [1.54, 1.807) is 19.2 Å². The summed E-state index contributed by atoms with van der Waals surface area (Å²) in [7, 11) is 0. The molecule has 0 aliphatic rings. The highest BCUT2D eigenvalue weighted by Crippen LogP contribution is 2.30. The summed E-state index contributed by atoms with van der Waals surface area (Å²) in [6, 6.07) is 3.67. The average molecular weight is 244 g/mol. The van der Waals surface area contributed by atoms with Crippen molar-refractivity contribution in [3.8, 4) is 10.8 Å². The largest absolute Gasteiger partial charge is 0.440 e. The third kappa shape index (κ3) is 2.59. The molecule has 3 nitrogen and oxygen atoms in total. The van der Waals surface area contributed by atoms with Gasteiger partial charge < -0.3 is 9.52 Å². The zero-order valence-corrected chi connectivity index (χ0v) is 9.68. The van der Waals surface area contributed by atoms with E-state index in [9.17, 15) is 5.11 Å². The molecule has 2 rings (SSSR count). The van der Waals surface area contributed by atoms with E-state index < -0.39 is 6.10 Å². The van der Waals surface area contributed by atoms with E-state index in [4.69, 9.17) is 16.0 Å². The summed E-state index contributed by atoms with van der Waals surface area (Å²) in [5.41, 5.74) is 0. The number of nitrogens with zero attached hydrogens (tertiary/aromatic N) is 1. The molecule has 0 aliphatic carbocycles. The van der Waals surface area contributed by atoms with Crippen LogP contribution in [0.2, 0.25) is 4.34 Å². The van der Waals surface area contributed by atoms with E-state index in [2.05, 4.69) is 4.98 Å². The summed E-state index contributed by atoms with van der Waals surface area (Å²) in [5, 5.41) is 9.18. The molecule has 2 heterocycles. The predicted molar refractivity (Wildman–Crippen MR) is 60.2 cm³/mol. The van der Waals surface area contributed by atoms with Gasteiger partial charge in [-0.25, -0.2) is 4.98 Å². The molecule has 1 atom stereocenters. The number of thiophene rings is 1.